The van der Waals surface area contributed by atoms with Crippen LogP contribution in [0.25, 0.3) is 0 Å². The molecule has 15 heavy (non-hydrogen) atoms. The molecule has 0 aliphatic rings. The van der Waals surface area contributed by atoms with E-state index in [0.717, 1.165) is 12.1 Å². The Morgan fingerprint density at radius 2 is 1.87 bits per heavy atom. The van der Waals surface area contributed by atoms with Gasteiger partial charge in [-0.1, -0.05) is 45.2 Å². The monoisotopic (exact) mass is 205 g/mol. The van der Waals surface area contributed by atoms with Crippen LogP contribution in [0.4, 0.5) is 5.69 Å². The number of hydrogen-bond donors (Lipinski definition) is 1. The molecule has 0 aromatic heterocycles. The van der Waals surface area contributed by atoms with Gasteiger partial charge >= 0.3 is 0 Å². The molecule has 0 amide bonds. The molecule has 1 rings (SSSR count). The molecule has 2 N–H and O–H groups in total. The number of aryl methyl sites for hydroxylation is 1. The van der Waals surface area contributed by atoms with E-state index in [2.05, 4.69) is 26.0 Å². The van der Waals surface area contributed by atoms with Crippen molar-refractivity contribution in [2.24, 2.45) is 0 Å². The molecule has 84 valence electrons. The van der Waals surface area contributed by atoms with Gasteiger partial charge in [-0.15, -0.1) is 0 Å². The first-order valence-corrected chi connectivity index (χ1v) is 6.15. The van der Waals surface area contributed by atoms with Crippen molar-refractivity contribution >= 4 is 5.69 Å². The largest absolute Gasteiger partial charge is 0.398 e. The summed E-state index contributed by atoms with van der Waals surface area (Å²) in [4.78, 5) is 0. The minimum absolute atomic E-state index is 0.963. The van der Waals surface area contributed by atoms with E-state index in [4.69, 9.17) is 5.73 Å². The summed E-state index contributed by atoms with van der Waals surface area (Å²) in [5, 5.41) is 0. The van der Waals surface area contributed by atoms with E-state index in [1.807, 2.05) is 6.07 Å². The fraction of sp³-hybridized carbons (Fsp3) is 0.571. The molecule has 0 aliphatic heterocycles. The molecule has 1 aromatic carbocycles. The molecule has 0 saturated heterocycles. The summed E-state index contributed by atoms with van der Waals surface area (Å²) < 4.78 is 0. The van der Waals surface area contributed by atoms with Gasteiger partial charge in [0.1, 0.15) is 0 Å². The molecule has 1 aromatic rings. The van der Waals surface area contributed by atoms with Gasteiger partial charge in [0.2, 0.25) is 0 Å². The van der Waals surface area contributed by atoms with Gasteiger partial charge in [-0.2, -0.15) is 0 Å². The molecule has 0 saturated carbocycles. The Hall–Kier alpha value is -0.980. The second-order valence-electron chi connectivity index (χ2n) is 4.15. The average Bonchev–Trinajstić information content (AvgIpc) is 2.24. The Morgan fingerprint density at radius 3 is 2.53 bits per heavy atom. The Labute approximate surface area is 93.7 Å². The lowest BCUT2D eigenvalue weighted by Gasteiger charge is -2.10. The van der Waals surface area contributed by atoms with Crippen LogP contribution in [-0.2, 0) is 12.8 Å². The van der Waals surface area contributed by atoms with Crippen molar-refractivity contribution in [3.8, 4) is 0 Å². The average molecular weight is 205 g/mol. The standard InChI is InChI=1S/C14H23N/c1-3-5-6-7-9-12-10-8-11-14(15)13(12)4-2/h8,10-11H,3-7,9,15H2,1-2H3. The molecular weight excluding hydrogens is 182 g/mol. The summed E-state index contributed by atoms with van der Waals surface area (Å²) >= 11 is 0. The van der Waals surface area contributed by atoms with Gasteiger partial charge in [0, 0.05) is 5.69 Å². The lowest BCUT2D eigenvalue weighted by molar-refractivity contribution is 0.665. The quantitative estimate of drug-likeness (QED) is 0.552. The highest BCUT2D eigenvalue weighted by molar-refractivity contribution is 5.50. The lowest BCUT2D eigenvalue weighted by Crippen LogP contribution is -1.99. The third-order valence-corrected chi connectivity index (χ3v) is 2.96. The molecular formula is C14H23N. The van der Waals surface area contributed by atoms with Crippen LogP contribution in [0.3, 0.4) is 0 Å². The molecule has 0 unspecified atom stereocenters. The number of rotatable bonds is 6. The first-order chi connectivity index (χ1) is 7.29. The predicted octanol–water partition coefficient (Wildman–Crippen LogP) is 3.95. The van der Waals surface area contributed by atoms with Gasteiger partial charge in [-0.3, -0.25) is 0 Å². The van der Waals surface area contributed by atoms with E-state index < -0.39 is 0 Å². The van der Waals surface area contributed by atoms with Crippen LogP contribution >= 0.6 is 0 Å². The van der Waals surface area contributed by atoms with Crippen molar-refractivity contribution < 1.29 is 0 Å². The third-order valence-electron chi connectivity index (χ3n) is 2.96. The van der Waals surface area contributed by atoms with Crippen molar-refractivity contribution in [1.82, 2.24) is 0 Å². The molecule has 0 heterocycles. The number of anilines is 1. The number of benzene rings is 1. The van der Waals surface area contributed by atoms with Gasteiger partial charge in [0.25, 0.3) is 0 Å². The SMILES string of the molecule is CCCCCCc1cccc(N)c1CC. The van der Waals surface area contributed by atoms with Crippen molar-refractivity contribution in [1.29, 1.82) is 0 Å². The number of hydrogen-bond acceptors (Lipinski definition) is 1. The van der Waals surface area contributed by atoms with E-state index in [1.165, 1.54) is 43.2 Å². The molecule has 0 radical (unpaired) electrons. The smallest absolute Gasteiger partial charge is 0.0349 e. The summed E-state index contributed by atoms with van der Waals surface area (Å²) in [6, 6.07) is 6.30. The minimum atomic E-state index is 0.963. The van der Waals surface area contributed by atoms with Crippen LogP contribution in [0.5, 0.6) is 0 Å². The van der Waals surface area contributed by atoms with E-state index in [1.54, 1.807) is 0 Å². The van der Waals surface area contributed by atoms with Crippen molar-refractivity contribution in [3.05, 3.63) is 29.3 Å². The normalized spacial score (nSPS) is 10.5. The molecule has 1 heteroatoms. The fourth-order valence-corrected chi connectivity index (χ4v) is 2.06. The van der Waals surface area contributed by atoms with Crippen molar-refractivity contribution in [3.63, 3.8) is 0 Å². The van der Waals surface area contributed by atoms with Crippen LogP contribution in [-0.4, -0.2) is 0 Å². The van der Waals surface area contributed by atoms with E-state index >= 15 is 0 Å². The summed E-state index contributed by atoms with van der Waals surface area (Å²) in [7, 11) is 0. The van der Waals surface area contributed by atoms with Crippen LogP contribution in [0, 0.1) is 0 Å². The van der Waals surface area contributed by atoms with E-state index in [0.29, 0.717) is 0 Å². The maximum atomic E-state index is 5.96. The zero-order valence-electron chi connectivity index (χ0n) is 10.1. The van der Waals surface area contributed by atoms with Gasteiger partial charge < -0.3 is 5.73 Å². The third kappa shape index (κ3) is 3.58. The molecule has 0 aliphatic carbocycles. The zero-order chi connectivity index (χ0) is 11.1. The lowest BCUT2D eigenvalue weighted by atomic mass is 9.98. The topological polar surface area (TPSA) is 26.0 Å². The van der Waals surface area contributed by atoms with Crippen LogP contribution in [0.2, 0.25) is 0 Å². The molecule has 1 nitrogen and oxygen atoms in total. The minimum Gasteiger partial charge on any atom is -0.398 e. The summed E-state index contributed by atoms with van der Waals surface area (Å²) in [6.07, 6.45) is 7.53. The van der Waals surface area contributed by atoms with Crippen molar-refractivity contribution in [2.75, 3.05) is 5.73 Å². The van der Waals surface area contributed by atoms with Gasteiger partial charge in [-0.05, 0) is 36.5 Å². The van der Waals surface area contributed by atoms with E-state index in [9.17, 15) is 0 Å². The molecule has 0 spiro atoms. The molecule has 0 bridgehead atoms. The maximum Gasteiger partial charge on any atom is 0.0349 e. The van der Waals surface area contributed by atoms with Crippen LogP contribution < -0.4 is 5.73 Å². The summed E-state index contributed by atoms with van der Waals surface area (Å²) in [6.45, 7) is 4.43. The van der Waals surface area contributed by atoms with Gasteiger partial charge in [0.05, 0.1) is 0 Å². The second kappa shape index (κ2) is 6.49. The predicted molar refractivity (Wildman–Crippen MR) is 68.1 cm³/mol. The molecule has 0 fully saturated rings. The highest BCUT2D eigenvalue weighted by Crippen LogP contribution is 2.19. The number of nitrogen functional groups attached to an aromatic ring is 1. The highest BCUT2D eigenvalue weighted by atomic mass is 14.6. The first kappa shape index (κ1) is 12.1. The van der Waals surface area contributed by atoms with Crippen molar-refractivity contribution in [2.45, 2.75) is 52.4 Å². The van der Waals surface area contributed by atoms with Gasteiger partial charge in [0.15, 0.2) is 0 Å². The maximum absolute atomic E-state index is 5.96. The van der Waals surface area contributed by atoms with Crippen LogP contribution in [0.1, 0.15) is 50.7 Å². The number of nitrogens with two attached hydrogens (primary N) is 1. The first-order valence-electron chi connectivity index (χ1n) is 6.15. The van der Waals surface area contributed by atoms with Gasteiger partial charge in [-0.25, -0.2) is 0 Å². The summed E-state index contributed by atoms with van der Waals surface area (Å²) in [5.74, 6) is 0. The Kier molecular flexibility index (Phi) is 5.23. The Balaban J connectivity index is 2.56. The zero-order valence-corrected chi connectivity index (χ0v) is 10.1. The Morgan fingerprint density at radius 1 is 1.07 bits per heavy atom. The Bertz CT molecular complexity index is 291. The van der Waals surface area contributed by atoms with E-state index in [-0.39, 0.29) is 0 Å². The second-order valence-corrected chi connectivity index (χ2v) is 4.15. The number of unbranched alkanes of at least 4 members (excludes halogenated alkanes) is 3. The van der Waals surface area contributed by atoms with Crippen LogP contribution in [0.15, 0.2) is 18.2 Å². The summed E-state index contributed by atoms with van der Waals surface area (Å²) in [5.41, 5.74) is 9.73. The molecule has 0 atom stereocenters. The highest BCUT2D eigenvalue weighted by Gasteiger charge is 2.03. The fourth-order valence-electron chi connectivity index (χ4n) is 2.06.